The van der Waals surface area contributed by atoms with Gasteiger partial charge in [0.05, 0.1) is 29.3 Å². The number of aromatic amines is 1. The van der Waals surface area contributed by atoms with Crippen LogP contribution in [-0.4, -0.2) is 17.1 Å². The smallest absolute Gasteiger partial charge is 0.416 e. The molecule has 0 aliphatic heterocycles. The number of hydrogen-bond acceptors (Lipinski definition) is 3. The molecule has 0 bridgehead atoms. The van der Waals surface area contributed by atoms with E-state index in [9.17, 15) is 18.4 Å². The maximum Gasteiger partial charge on any atom is 0.416 e. The van der Waals surface area contributed by atoms with E-state index in [2.05, 4.69) is 9.97 Å². The van der Waals surface area contributed by atoms with Crippen LogP contribution in [0.5, 0.6) is 5.75 Å². The second kappa shape index (κ2) is 6.32. The number of ether oxygens (including phenoxy) is 1. The van der Waals surface area contributed by atoms with Crippen molar-refractivity contribution in [2.24, 2.45) is 0 Å². The highest BCUT2D eigenvalue weighted by Crippen LogP contribution is 2.30. The van der Waals surface area contributed by atoms with Gasteiger partial charge in [0.2, 0.25) is 0 Å². The molecular formula is C18H12F3N3O. The number of fused-ring (bicyclic) bond motifs is 1. The molecule has 0 saturated carbocycles. The van der Waals surface area contributed by atoms with Crippen molar-refractivity contribution in [3.05, 3.63) is 59.4 Å². The predicted octanol–water partition coefficient (Wildman–Crippen LogP) is 4.65. The lowest BCUT2D eigenvalue weighted by Gasteiger charge is -2.06. The fraction of sp³-hybridized carbons (Fsp3) is 0.111. The third-order valence-corrected chi connectivity index (χ3v) is 3.59. The summed E-state index contributed by atoms with van der Waals surface area (Å²) in [5, 5.41) is 9.37. The van der Waals surface area contributed by atoms with Crippen LogP contribution in [0, 0.1) is 11.3 Å². The summed E-state index contributed by atoms with van der Waals surface area (Å²) < 4.78 is 43.5. The number of nitrogens with one attached hydrogen (secondary N) is 1. The largest absolute Gasteiger partial charge is 0.497 e. The van der Waals surface area contributed by atoms with Gasteiger partial charge in [-0.25, -0.2) is 4.98 Å². The fourth-order valence-electron chi connectivity index (χ4n) is 2.37. The summed E-state index contributed by atoms with van der Waals surface area (Å²) >= 11 is 0. The Kier molecular flexibility index (Phi) is 4.19. The van der Waals surface area contributed by atoms with Crippen molar-refractivity contribution in [3.63, 3.8) is 0 Å². The predicted molar refractivity (Wildman–Crippen MR) is 87.6 cm³/mol. The quantitative estimate of drug-likeness (QED) is 0.704. The first kappa shape index (κ1) is 16.6. The first-order valence-corrected chi connectivity index (χ1v) is 7.24. The van der Waals surface area contributed by atoms with E-state index in [1.807, 2.05) is 6.07 Å². The Balaban J connectivity index is 2.03. The van der Waals surface area contributed by atoms with Crippen LogP contribution >= 0.6 is 0 Å². The molecule has 1 N–H and O–H groups in total. The monoisotopic (exact) mass is 343 g/mol. The first-order chi connectivity index (χ1) is 11.9. The van der Waals surface area contributed by atoms with Crippen LogP contribution in [0.1, 0.15) is 17.0 Å². The van der Waals surface area contributed by atoms with Crippen LogP contribution in [0.2, 0.25) is 0 Å². The third kappa shape index (κ3) is 3.48. The summed E-state index contributed by atoms with van der Waals surface area (Å²) in [6.45, 7) is 0. The maximum atomic E-state index is 12.8. The van der Waals surface area contributed by atoms with Crippen molar-refractivity contribution in [2.45, 2.75) is 6.18 Å². The van der Waals surface area contributed by atoms with Crippen molar-refractivity contribution >= 4 is 22.7 Å². The highest BCUT2D eigenvalue weighted by atomic mass is 19.4. The van der Waals surface area contributed by atoms with Gasteiger partial charge in [-0.1, -0.05) is 12.1 Å². The number of allylic oxidation sites excluding steroid dienone is 1. The molecule has 0 unspecified atom stereocenters. The molecule has 0 atom stereocenters. The molecule has 0 spiro atoms. The molecule has 0 radical (unpaired) electrons. The Labute approximate surface area is 141 Å². The van der Waals surface area contributed by atoms with E-state index >= 15 is 0 Å². The fourth-order valence-corrected chi connectivity index (χ4v) is 2.37. The molecule has 0 saturated heterocycles. The van der Waals surface area contributed by atoms with Gasteiger partial charge in [0.25, 0.3) is 0 Å². The maximum absolute atomic E-state index is 12.8. The third-order valence-electron chi connectivity index (χ3n) is 3.59. The molecule has 3 rings (SSSR count). The highest BCUT2D eigenvalue weighted by molar-refractivity contribution is 5.90. The van der Waals surface area contributed by atoms with Gasteiger partial charge in [-0.2, -0.15) is 18.4 Å². The van der Waals surface area contributed by atoms with E-state index in [1.165, 1.54) is 25.3 Å². The second-order valence-corrected chi connectivity index (χ2v) is 5.26. The van der Waals surface area contributed by atoms with Crippen molar-refractivity contribution in [1.82, 2.24) is 9.97 Å². The molecule has 2 aromatic carbocycles. The lowest BCUT2D eigenvalue weighted by Crippen LogP contribution is -2.04. The number of benzene rings is 2. The zero-order chi connectivity index (χ0) is 18.0. The van der Waals surface area contributed by atoms with Crippen molar-refractivity contribution < 1.29 is 17.9 Å². The number of imidazole rings is 1. The Bertz CT molecular complexity index is 997. The SMILES string of the molecule is COc1ccc2nc(/C(C#N)=C\c3cccc(C(F)(F)F)c3)[nH]c2c1. The summed E-state index contributed by atoms with van der Waals surface area (Å²) in [7, 11) is 1.53. The first-order valence-electron chi connectivity index (χ1n) is 7.24. The molecule has 0 aliphatic rings. The zero-order valence-corrected chi connectivity index (χ0v) is 13.1. The van der Waals surface area contributed by atoms with Crippen molar-refractivity contribution in [1.29, 1.82) is 5.26 Å². The summed E-state index contributed by atoms with van der Waals surface area (Å²) in [6, 6.07) is 11.9. The number of nitrogens with zero attached hydrogens (tertiary/aromatic N) is 2. The number of methoxy groups -OCH3 is 1. The molecule has 3 aromatic rings. The van der Waals surface area contributed by atoms with E-state index < -0.39 is 11.7 Å². The summed E-state index contributed by atoms with van der Waals surface area (Å²) in [5.74, 6) is 0.909. The standard InChI is InChI=1S/C18H12F3N3O/c1-25-14-5-6-15-16(9-14)24-17(23-15)12(10-22)7-11-3-2-4-13(8-11)18(19,20)21/h2-9H,1H3,(H,23,24)/b12-7-. The van der Waals surface area contributed by atoms with E-state index in [1.54, 1.807) is 18.2 Å². The average molecular weight is 343 g/mol. The molecule has 0 fully saturated rings. The molecule has 7 heteroatoms. The van der Waals surface area contributed by atoms with Crippen LogP contribution in [0.25, 0.3) is 22.7 Å². The number of hydrogen-bond donors (Lipinski definition) is 1. The Hall–Kier alpha value is -3.27. The van der Waals surface area contributed by atoms with E-state index in [4.69, 9.17) is 4.74 Å². The molecule has 1 aromatic heterocycles. The molecule has 25 heavy (non-hydrogen) atoms. The number of rotatable bonds is 3. The van der Waals surface area contributed by atoms with E-state index in [-0.39, 0.29) is 17.0 Å². The molecule has 4 nitrogen and oxygen atoms in total. The van der Waals surface area contributed by atoms with Gasteiger partial charge in [0, 0.05) is 6.07 Å². The molecule has 0 amide bonds. The Morgan fingerprint density at radius 1 is 1.24 bits per heavy atom. The molecular weight excluding hydrogens is 331 g/mol. The van der Waals surface area contributed by atoms with Crippen LogP contribution in [0.4, 0.5) is 13.2 Å². The molecule has 1 heterocycles. The van der Waals surface area contributed by atoms with Gasteiger partial charge >= 0.3 is 6.18 Å². The van der Waals surface area contributed by atoms with E-state index in [0.29, 0.717) is 16.8 Å². The minimum Gasteiger partial charge on any atom is -0.497 e. The minimum absolute atomic E-state index is 0.134. The Morgan fingerprint density at radius 3 is 2.72 bits per heavy atom. The summed E-state index contributed by atoms with van der Waals surface area (Å²) in [6.07, 6.45) is -3.07. The van der Waals surface area contributed by atoms with Gasteiger partial charge in [-0.05, 0) is 35.9 Å². The summed E-state index contributed by atoms with van der Waals surface area (Å²) in [4.78, 5) is 7.28. The van der Waals surface area contributed by atoms with Crippen LogP contribution in [0.3, 0.4) is 0 Å². The normalized spacial score (nSPS) is 12.2. The zero-order valence-electron chi connectivity index (χ0n) is 13.1. The topological polar surface area (TPSA) is 61.7 Å². The highest BCUT2D eigenvalue weighted by Gasteiger charge is 2.30. The van der Waals surface area contributed by atoms with Crippen LogP contribution in [0.15, 0.2) is 42.5 Å². The number of aromatic nitrogens is 2. The second-order valence-electron chi connectivity index (χ2n) is 5.26. The number of H-pyrrole nitrogens is 1. The van der Waals surface area contributed by atoms with E-state index in [0.717, 1.165) is 12.1 Å². The minimum atomic E-state index is -4.44. The Morgan fingerprint density at radius 2 is 2.04 bits per heavy atom. The van der Waals surface area contributed by atoms with Crippen molar-refractivity contribution in [2.75, 3.05) is 7.11 Å². The lowest BCUT2D eigenvalue weighted by atomic mass is 10.1. The number of alkyl halides is 3. The summed E-state index contributed by atoms with van der Waals surface area (Å²) in [5.41, 5.74) is 0.923. The van der Waals surface area contributed by atoms with Crippen molar-refractivity contribution in [3.8, 4) is 11.8 Å². The number of halogens is 3. The van der Waals surface area contributed by atoms with Gasteiger partial charge in [0.15, 0.2) is 0 Å². The lowest BCUT2D eigenvalue weighted by molar-refractivity contribution is -0.137. The average Bonchev–Trinajstić information content (AvgIpc) is 3.02. The van der Waals surface area contributed by atoms with Gasteiger partial charge in [-0.15, -0.1) is 0 Å². The van der Waals surface area contributed by atoms with Gasteiger partial charge in [-0.3, -0.25) is 0 Å². The molecule has 0 aliphatic carbocycles. The number of nitriles is 1. The van der Waals surface area contributed by atoms with Crippen LogP contribution in [-0.2, 0) is 6.18 Å². The van der Waals surface area contributed by atoms with Gasteiger partial charge in [0.1, 0.15) is 17.6 Å². The molecule has 126 valence electrons. The van der Waals surface area contributed by atoms with Crippen LogP contribution < -0.4 is 4.74 Å². The van der Waals surface area contributed by atoms with Gasteiger partial charge < -0.3 is 9.72 Å².